The molecule has 1 unspecified atom stereocenters. The number of hydrogen-bond acceptors (Lipinski definition) is 6. The van der Waals surface area contributed by atoms with Gasteiger partial charge in [0.25, 0.3) is 0 Å². The molecule has 2 rings (SSSR count). The molecule has 0 aliphatic carbocycles. The van der Waals surface area contributed by atoms with Crippen molar-refractivity contribution in [3.8, 4) is 11.5 Å². The Labute approximate surface area is 114 Å². The standard InChI is InChI=1S/C13H13N3O4/c1-8-6-11(17)7-12(18)13(8)15-14-9-2-4-10(5-3-9)16(19)20/h2-7,16-19H,1H3. The van der Waals surface area contributed by atoms with Crippen LogP contribution in [-0.2, 0) is 0 Å². The molecule has 0 aromatic heterocycles. The third kappa shape index (κ3) is 3.09. The van der Waals surface area contributed by atoms with Crippen molar-refractivity contribution >= 4 is 17.1 Å². The van der Waals surface area contributed by atoms with E-state index in [1.165, 1.54) is 36.4 Å². The molecular weight excluding hydrogens is 262 g/mol. The van der Waals surface area contributed by atoms with Crippen LogP contribution >= 0.6 is 0 Å². The SMILES string of the molecule is Cc1cc(O)cc(O)c1N=Nc1ccc([NH+]([O-])O)cc1. The summed E-state index contributed by atoms with van der Waals surface area (Å²) >= 11 is 0. The number of hydrogen-bond donors (Lipinski definition) is 4. The molecule has 0 saturated heterocycles. The Bertz CT molecular complexity index is 616. The van der Waals surface area contributed by atoms with Crippen molar-refractivity contribution in [1.29, 1.82) is 0 Å². The molecule has 2 aromatic carbocycles. The number of quaternary nitrogens is 1. The summed E-state index contributed by atoms with van der Waals surface area (Å²) in [4.78, 5) is 0. The fourth-order valence-electron chi connectivity index (χ4n) is 1.65. The predicted octanol–water partition coefficient (Wildman–Crippen LogP) is 2.23. The van der Waals surface area contributed by atoms with E-state index in [2.05, 4.69) is 10.2 Å². The zero-order valence-electron chi connectivity index (χ0n) is 10.6. The van der Waals surface area contributed by atoms with E-state index in [-0.39, 0.29) is 22.9 Å². The summed E-state index contributed by atoms with van der Waals surface area (Å²) in [5, 5.41) is 45.3. The van der Waals surface area contributed by atoms with E-state index in [0.717, 1.165) is 0 Å². The molecule has 104 valence electrons. The maximum atomic E-state index is 10.7. The van der Waals surface area contributed by atoms with E-state index >= 15 is 0 Å². The molecule has 0 amide bonds. The Balaban J connectivity index is 2.25. The molecule has 7 nitrogen and oxygen atoms in total. The van der Waals surface area contributed by atoms with Crippen LogP contribution in [0.3, 0.4) is 0 Å². The van der Waals surface area contributed by atoms with Gasteiger partial charge in [-0.05, 0) is 30.7 Å². The first-order valence-electron chi connectivity index (χ1n) is 5.75. The average Bonchev–Trinajstić information content (AvgIpc) is 2.38. The molecule has 1 atom stereocenters. The number of nitrogens with one attached hydrogen (secondary N) is 1. The van der Waals surface area contributed by atoms with Crippen LogP contribution in [0.1, 0.15) is 5.56 Å². The average molecular weight is 275 g/mol. The molecule has 20 heavy (non-hydrogen) atoms. The summed E-state index contributed by atoms with van der Waals surface area (Å²) in [5.41, 5.74) is 1.45. The highest BCUT2D eigenvalue weighted by Crippen LogP contribution is 2.35. The molecular formula is C13H13N3O4. The third-order valence-electron chi connectivity index (χ3n) is 2.64. The first-order chi connectivity index (χ1) is 9.47. The van der Waals surface area contributed by atoms with Gasteiger partial charge in [-0.15, -0.1) is 5.11 Å². The van der Waals surface area contributed by atoms with E-state index in [1.807, 2.05) is 0 Å². The smallest absolute Gasteiger partial charge is 0.163 e. The van der Waals surface area contributed by atoms with Gasteiger partial charge in [-0.25, -0.2) is 5.21 Å². The number of benzene rings is 2. The minimum atomic E-state index is -1.01. The van der Waals surface area contributed by atoms with E-state index in [4.69, 9.17) is 5.21 Å². The van der Waals surface area contributed by atoms with Crippen molar-refractivity contribution in [2.45, 2.75) is 6.92 Å². The lowest BCUT2D eigenvalue weighted by Crippen LogP contribution is -2.99. The highest BCUT2D eigenvalue weighted by molar-refractivity contribution is 5.59. The molecule has 4 N–H and O–H groups in total. The molecule has 0 heterocycles. The van der Waals surface area contributed by atoms with Crippen LogP contribution < -0.4 is 5.23 Å². The highest BCUT2D eigenvalue weighted by atomic mass is 16.8. The van der Waals surface area contributed by atoms with Crippen LogP contribution in [0.2, 0.25) is 0 Å². The quantitative estimate of drug-likeness (QED) is 0.508. The van der Waals surface area contributed by atoms with Gasteiger partial charge in [0.05, 0.1) is 5.69 Å². The molecule has 0 bridgehead atoms. The van der Waals surface area contributed by atoms with Gasteiger partial charge in [-0.2, -0.15) is 10.3 Å². The van der Waals surface area contributed by atoms with Crippen LogP contribution in [0, 0.1) is 12.1 Å². The molecule has 0 saturated carbocycles. The highest BCUT2D eigenvalue weighted by Gasteiger charge is 2.06. The Morgan fingerprint density at radius 1 is 1.05 bits per heavy atom. The summed E-state index contributed by atoms with van der Waals surface area (Å²) in [6, 6.07) is 8.50. The van der Waals surface area contributed by atoms with Gasteiger partial charge in [-0.3, -0.25) is 0 Å². The van der Waals surface area contributed by atoms with Gasteiger partial charge in [-0.1, -0.05) is 0 Å². The van der Waals surface area contributed by atoms with Gasteiger partial charge in [0.2, 0.25) is 0 Å². The first kappa shape index (κ1) is 13.9. The Morgan fingerprint density at radius 2 is 1.70 bits per heavy atom. The lowest BCUT2D eigenvalue weighted by molar-refractivity contribution is -0.991. The number of aryl methyl sites for hydroxylation is 1. The molecule has 0 fully saturated rings. The Hall–Kier alpha value is -2.48. The molecule has 0 aliphatic rings. The first-order valence-corrected chi connectivity index (χ1v) is 5.75. The molecule has 0 aliphatic heterocycles. The van der Waals surface area contributed by atoms with Crippen molar-refractivity contribution in [1.82, 2.24) is 0 Å². The van der Waals surface area contributed by atoms with Gasteiger partial charge in [0, 0.05) is 18.2 Å². The maximum absolute atomic E-state index is 10.7. The van der Waals surface area contributed by atoms with E-state index in [9.17, 15) is 15.4 Å². The van der Waals surface area contributed by atoms with Crippen molar-refractivity contribution in [2.75, 3.05) is 0 Å². The summed E-state index contributed by atoms with van der Waals surface area (Å²) < 4.78 is 0. The molecule has 7 heteroatoms. The number of phenols is 2. The second-order valence-corrected chi connectivity index (χ2v) is 4.18. The van der Waals surface area contributed by atoms with Crippen molar-refractivity contribution < 1.29 is 20.6 Å². The molecule has 0 spiro atoms. The molecule has 2 aromatic rings. The van der Waals surface area contributed by atoms with Crippen LogP contribution in [0.25, 0.3) is 0 Å². The number of nitrogens with zero attached hydrogens (tertiary/aromatic N) is 2. The summed E-state index contributed by atoms with van der Waals surface area (Å²) in [7, 11) is 0. The minimum absolute atomic E-state index is 0.0511. The summed E-state index contributed by atoms with van der Waals surface area (Å²) in [5.74, 6) is -0.224. The minimum Gasteiger partial charge on any atom is -0.595 e. The van der Waals surface area contributed by atoms with Crippen molar-refractivity contribution in [3.63, 3.8) is 0 Å². The van der Waals surface area contributed by atoms with E-state index < -0.39 is 5.23 Å². The van der Waals surface area contributed by atoms with Gasteiger partial charge >= 0.3 is 0 Å². The molecule has 0 radical (unpaired) electrons. The van der Waals surface area contributed by atoms with E-state index in [1.54, 1.807) is 6.92 Å². The fourth-order valence-corrected chi connectivity index (χ4v) is 1.65. The maximum Gasteiger partial charge on any atom is 0.163 e. The van der Waals surface area contributed by atoms with Gasteiger partial charge < -0.3 is 15.4 Å². The number of aromatic hydroxyl groups is 2. The van der Waals surface area contributed by atoms with Crippen LogP contribution in [-0.4, -0.2) is 15.4 Å². The Morgan fingerprint density at radius 3 is 2.25 bits per heavy atom. The summed E-state index contributed by atoms with van der Waals surface area (Å²) in [6.07, 6.45) is 0. The monoisotopic (exact) mass is 275 g/mol. The second-order valence-electron chi connectivity index (χ2n) is 4.18. The third-order valence-corrected chi connectivity index (χ3v) is 2.64. The van der Waals surface area contributed by atoms with Crippen molar-refractivity contribution in [2.24, 2.45) is 10.2 Å². The lowest BCUT2D eigenvalue weighted by Gasteiger charge is -2.10. The van der Waals surface area contributed by atoms with Crippen LogP contribution in [0.15, 0.2) is 46.6 Å². The number of rotatable bonds is 3. The second kappa shape index (κ2) is 5.66. The number of azo groups is 1. The zero-order chi connectivity index (χ0) is 14.7. The zero-order valence-corrected chi connectivity index (χ0v) is 10.6. The number of phenolic OH excluding ortho intramolecular Hbond substituents is 2. The lowest BCUT2D eigenvalue weighted by atomic mass is 10.2. The van der Waals surface area contributed by atoms with Crippen molar-refractivity contribution in [3.05, 3.63) is 47.2 Å². The topological polar surface area (TPSA) is 113 Å². The predicted molar refractivity (Wildman–Crippen MR) is 70.9 cm³/mol. The van der Waals surface area contributed by atoms with E-state index in [0.29, 0.717) is 11.3 Å². The fraction of sp³-hybridized carbons (Fsp3) is 0.0769. The van der Waals surface area contributed by atoms with Gasteiger partial charge in [0.15, 0.2) is 5.69 Å². The Kier molecular flexibility index (Phi) is 3.94. The normalized spacial score (nSPS) is 12.8. The van der Waals surface area contributed by atoms with Gasteiger partial charge in [0.1, 0.15) is 17.2 Å². The van der Waals surface area contributed by atoms with Crippen LogP contribution in [0.4, 0.5) is 17.1 Å². The van der Waals surface area contributed by atoms with Crippen LogP contribution in [0.5, 0.6) is 11.5 Å². The largest absolute Gasteiger partial charge is 0.595 e. The summed E-state index contributed by atoms with van der Waals surface area (Å²) in [6.45, 7) is 1.68.